The highest BCUT2D eigenvalue weighted by Crippen LogP contribution is 2.15. The highest BCUT2D eigenvalue weighted by atomic mass is 16.7. The van der Waals surface area contributed by atoms with Crippen molar-refractivity contribution in [3.8, 4) is 0 Å². The van der Waals surface area contributed by atoms with Crippen LogP contribution in [0.2, 0.25) is 0 Å². The van der Waals surface area contributed by atoms with Gasteiger partial charge in [0.15, 0.2) is 0 Å². The molecule has 0 bridgehead atoms. The molecule has 2 aliphatic rings. The fraction of sp³-hybridized carbons (Fsp3) is 1.00. The van der Waals surface area contributed by atoms with Gasteiger partial charge in [0, 0.05) is 19.1 Å². The summed E-state index contributed by atoms with van der Waals surface area (Å²) in [5.41, 5.74) is 0. The summed E-state index contributed by atoms with van der Waals surface area (Å²) in [6.45, 7) is 8.18. The van der Waals surface area contributed by atoms with Crippen LogP contribution in [0.5, 0.6) is 0 Å². The molecule has 2 fully saturated rings. The van der Waals surface area contributed by atoms with E-state index in [0.717, 1.165) is 26.1 Å². The Morgan fingerprint density at radius 2 is 2.29 bits per heavy atom. The SMILES string of the molecule is CCCN(CC1CCOCO1)C1CCCNC1. The topological polar surface area (TPSA) is 33.7 Å². The van der Waals surface area contributed by atoms with Crippen molar-refractivity contribution in [2.75, 3.05) is 39.6 Å². The van der Waals surface area contributed by atoms with E-state index < -0.39 is 0 Å². The van der Waals surface area contributed by atoms with Crippen LogP contribution in [0.3, 0.4) is 0 Å². The number of hydrogen-bond donors (Lipinski definition) is 1. The third kappa shape index (κ3) is 4.21. The summed E-state index contributed by atoms with van der Waals surface area (Å²) < 4.78 is 10.9. The van der Waals surface area contributed by atoms with E-state index in [1.54, 1.807) is 0 Å². The molecule has 0 aromatic carbocycles. The van der Waals surface area contributed by atoms with Crippen LogP contribution in [-0.2, 0) is 9.47 Å². The summed E-state index contributed by atoms with van der Waals surface area (Å²) in [5, 5.41) is 3.50. The summed E-state index contributed by atoms with van der Waals surface area (Å²) in [6.07, 6.45) is 5.27. The van der Waals surface area contributed by atoms with Gasteiger partial charge in [0.05, 0.1) is 12.7 Å². The van der Waals surface area contributed by atoms with E-state index in [2.05, 4.69) is 17.1 Å². The minimum absolute atomic E-state index is 0.372. The van der Waals surface area contributed by atoms with Crippen LogP contribution in [0.25, 0.3) is 0 Å². The molecule has 2 unspecified atom stereocenters. The zero-order valence-electron chi connectivity index (χ0n) is 11.0. The lowest BCUT2D eigenvalue weighted by Crippen LogP contribution is -2.49. The molecule has 0 amide bonds. The van der Waals surface area contributed by atoms with Crippen molar-refractivity contribution >= 4 is 0 Å². The number of ether oxygens (including phenoxy) is 2. The van der Waals surface area contributed by atoms with E-state index in [1.165, 1.54) is 32.4 Å². The Kier molecular flexibility index (Phi) is 5.71. The van der Waals surface area contributed by atoms with Gasteiger partial charge < -0.3 is 14.8 Å². The van der Waals surface area contributed by atoms with Crippen LogP contribution in [0.1, 0.15) is 32.6 Å². The normalized spacial score (nSPS) is 30.7. The Morgan fingerprint density at radius 1 is 1.35 bits per heavy atom. The van der Waals surface area contributed by atoms with E-state index in [1.807, 2.05) is 0 Å². The first-order valence-electron chi connectivity index (χ1n) is 7.04. The Labute approximate surface area is 105 Å². The summed E-state index contributed by atoms with van der Waals surface area (Å²) in [6, 6.07) is 0.704. The molecular formula is C13H26N2O2. The molecule has 0 aliphatic carbocycles. The Morgan fingerprint density at radius 3 is 2.94 bits per heavy atom. The molecule has 0 aromatic rings. The molecule has 2 atom stereocenters. The third-order valence-electron chi connectivity index (χ3n) is 3.71. The molecule has 0 spiro atoms. The molecule has 0 saturated carbocycles. The summed E-state index contributed by atoms with van der Waals surface area (Å²) in [5.74, 6) is 0. The standard InChI is InChI=1S/C13H26N2O2/c1-2-7-15(12-4-3-6-14-9-12)10-13-5-8-16-11-17-13/h12-14H,2-11H2,1H3. The van der Waals surface area contributed by atoms with E-state index in [-0.39, 0.29) is 0 Å². The number of hydrogen-bond acceptors (Lipinski definition) is 4. The predicted molar refractivity (Wildman–Crippen MR) is 68.1 cm³/mol. The number of nitrogens with zero attached hydrogens (tertiary/aromatic N) is 1. The highest BCUT2D eigenvalue weighted by molar-refractivity contribution is 4.80. The largest absolute Gasteiger partial charge is 0.355 e. The van der Waals surface area contributed by atoms with Crippen LogP contribution in [0.4, 0.5) is 0 Å². The molecule has 0 aromatic heterocycles. The summed E-state index contributed by atoms with van der Waals surface area (Å²) >= 11 is 0. The van der Waals surface area contributed by atoms with Crippen LogP contribution >= 0.6 is 0 Å². The van der Waals surface area contributed by atoms with Crippen molar-refractivity contribution in [3.05, 3.63) is 0 Å². The van der Waals surface area contributed by atoms with Crippen molar-refractivity contribution in [1.82, 2.24) is 10.2 Å². The zero-order valence-corrected chi connectivity index (χ0v) is 11.0. The maximum Gasteiger partial charge on any atom is 0.147 e. The third-order valence-corrected chi connectivity index (χ3v) is 3.71. The van der Waals surface area contributed by atoms with Gasteiger partial charge in [0.25, 0.3) is 0 Å². The molecular weight excluding hydrogens is 216 g/mol. The molecule has 4 heteroatoms. The second-order valence-electron chi connectivity index (χ2n) is 5.10. The number of piperidine rings is 1. The molecule has 0 radical (unpaired) electrons. The molecule has 2 heterocycles. The summed E-state index contributed by atoms with van der Waals surface area (Å²) in [4.78, 5) is 2.61. The molecule has 2 saturated heterocycles. The van der Waals surface area contributed by atoms with E-state index in [0.29, 0.717) is 18.9 Å². The van der Waals surface area contributed by atoms with Gasteiger partial charge in [-0.3, -0.25) is 4.90 Å². The van der Waals surface area contributed by atoms with Crippen LogP contribution in [0.15, 0.2) is 0 Å². The first-order chi connectivity index (χ1) is 8.40. The van der Waals surface area contributed by atoms with Crippen molar-refractivity contribution in [3.63, 3.8) is 0 Å². The Balaban J connectivity index is 1.81. The van der Waals surface area contributed by atoms with E-state index in [4.69, 9.17) is 9.47 Å². The minimum atomic E-state index is 0.372. The average molecular weight is 242 g/mol. The van der Waals surface area contributed by atoms with E-state index >= 15 is 0 Å². The van der Waals surface area contributed by atoms with Crippen molar-refractivity contribution in [1.29, 1.82) is 0 Å². The molecule has 1 N–H and O–H groups in total. The van der Waals surface area contributed by atoms with E-state index in [9.17, 15) is 0 Å². The number of rotatable bonds is 5. The monoisotopic (exact) mass is 242 g/mol. The second kappa shape index (κ2) is 7.31. The van der Waals surface area contributed by atoms with Gasteiger partial charge in [-0.05, 0) is 38.8 Å². The first kappa shape index (κ1) is 13.3. The van der Waals surface area contributed by atoms with Gasteiger partial charge in [-0.2, -0.15) is 0 Å². The quantitative estimate of drug-likeness (QED) is 0.786. The predicted octanol–water partition coefficient (Wildman–Crippen LogP) is 1.21. The lowest BCUT2D eigenvalue weighted by atomic mass is 10.0. The lowest BCUT2D eigenvalue weighted by Gasteiger charge is -2.37. The van der Waals surface area contributed by atoms with Gasteiger partial charge in [-0.1, -0.05) is 6.92 Å². The lowest BCUT2D eigenvalue weighted by molar-refractivity contribution is -0.146. The molecule has 4 nitrogen and oxygen atoms in total. The van der Waals surface area contributed by atoms with Crippen molar-refractivity contribution in [2.45, 2.75) is 44.8 Å². The Hall–Kier alpha value is -0.160. The smallest absolute Gasteiger partial charge is 0.147 e. The molecule has 2 aliphatic heterocycles. The fourth-order valence-electron chi connectivity index (χ4n) is 2.76. The minimum Gasteiger partial charge on any atom is -0.355 e. The van der Waals surface area contributed by atoms with Crippen molar-refractivity contribution in [2.24, 2.45) is 0 Å². The molecule has 100 valence electrons. The zero-order chi connectivity index (χ0) is 11.9. The first-order valence-corrected chi connectivity index (χ1v) is 7.04. The fourth-order valence-corrected chi connectivity index (χ4v) is 2.76. The molecule has 2 rings (SSSR count). The maximum absolute atomic E-state index is 5.66. The molecule has 17 heavy (non-hydrogen) atoms. The van der Waals surface area contributed by atoms with Gasteiger partial charge in [-0.25, -0.2) is 0 Å². The van der Waals surface area contributed by atoms with Crippen LogP contribution in [0, 0.1) is 0 Å². The van der Waals surface area contributed by atoms with Crippen molar-refractivity contribution < 1.29 is 9.47 Å². The average Bonchev–Trinajstić information content (AvgIpc) is 2.40. The number of nitrogens with one attached hydrogen (secondary N) is 1. The van der Waals surface area contributed by atoms with Gasteiger partial charge >= 0.3 is 0 Å². The van der Waals surface area contributed by atoms with Gasteiger partial charge in [0.2, 0.25) is 0 Å². The second-order valence-corrected chi connectivity index (χ2v) is 5.10. The van der Waals surface area contributed by atoms with Crippen LogP contribution < -0.4 is 5.32 Å². The summed E-state index contributed by atoms with van der Waals surface area (Å²) in [7, 11) is 0. The Bertz CT molecular complexity index is 202. The van der Waals surface area contributed by atoms with Gasteiger partial charge in [0.1, 0.15) is 6.79 Å². The maximum atomic E-state index is 5.66. The van der Waals surface area contributed by atoms with Gasteiger partial charge in [-0.15, -0.1) is 0 Å². The highest BCUT2D eigenvalue weighted by Gasteiger charge is 2.24. The van der Waals surface area contributed by atoms with Crippen LogP contribution in [-0.4, -0.2) is 56.6 Å².